The van der Waals surface area contributed by atoms with Crippen molar-refractivity contribution in [2.75, 3.05) is 7.11 Å². The van der Waals surface area contributed by atoms with Crippen LogP contribution in [0.5, 0.6) is 5.75 Å². The summed E-state index contributed by atoms with van der Waals surface area (Å²) >= 11 is 0. The van der Waals surface area contributed by atoms with Crippen LogP contribution in [-0.4, -0.2) is 23.0 Å². The van der Waals surface area contributed by atoms with Gasteiger partial charge in [0, 0.05) is 23.2 Å². The number of aliphatic hydroxyl groups is 1. The summed E-state index contributed by atoms with van der Waals surface area (Å²) in [5, 5.41) is 11.7. The monoisotopic (exact) mass is 363 g/mol. The van der Waals surface area contributed by atoms with Gasteiger partial charge in [-0.15, -0.1) is 0 Å². The molecule has 0 aliphatic carbocycles. The van der Waals surface area contributed by atoms with Gasteiger partial charge in [0.1, 0.15) is 11.6 Å². The van der Waals surface area contributed by atoms with Gasteiger partial charge in [0.2, 0.25) is 0 Å². The van der Waals surface area contributed by atoms with Gasteiger partial charge in [-0.05, 0) is 35.9 Å². The average molecular weight is 363 g/mol. The van der Waals surface area contributed by atoms with Gasteiger partial charge < -0.3 is 9.84 Å². The van der Waals surface area contributed by atoms with Crippen LogP contribution in [0.3, 0.4) is 0 Å². The second kappa shape index (κ2) is 6.52. The predicted octanol–water partition coefficient (Wildman–Crippen LogP) is 3.68. The number of fused-ring (bicyclic) bond motifs is 1. The number of carbonyl (C=O) groups is 1. The lowest BCUT2D eigenvalue weighted by molar-refractivity contribution is -0.0543. The van der Waals surface area contributed by atoms with Crippen molar-refractivity contribution in [1.82, 2.24) is 4.90 Å². The van der Waals surface area contributed by atoms with Crippen LogP contribution in [0.4, 0.5) is 4.39 Å². The van der Waals surface area contributed by atoms with Crippen LogP contribution >= 0.6 is 0 Å². The van der Waals surface area contributed by atoms with E-state index in [1.54, 1.807) is 31.4 Å². The maximum atomic E-state index is 13.4. The van der Waals surface area contributed by atoms with Gasteiger partial charge in [0.05, 0.1) is 7.11 Å². The number of amides is 1. The molecule has 1 amide bonds. The summed E-state index contributed by atoms with van der Waals surface area (Å²) in [6.07, 6.45) is 0. The van der Waals surface area contributed by atoms with Crippen LogP contribution in [-0.2, 0) is 12.3 Å². The fourth-order valence-electron chi connectivity index (χ4n) is 3.54. The third-order valence-electron chi connectivity index (χ3n) is 4.89. The molecule has 5 heteroatoms. The van der Waals surface area contributed by atoms with E-state index in [1.807, 2.05) is 24.3 Å². The van der Waals surface area contributed by atoms with E-state index in [2.05, 4.69) is 0 Å². The molecule has 3 aromatic carbocycles. The minimum Gasteiger partial charge on any atom is -0.497 e. The van der Waals surface area contributed by atoms with Crippen molar-refractivity contribution in [3.05, 3.63) is 101 Å². The molecule has 0 fully saturated rings. The van der Waals surface area contributed by atoms with Gasteiger partial charge >= 0.3 is 0 Å². The van der Waals surface area contributed by atoms with Gasteiger partial charge in [0.15, 0.2) is 5.72 Å². The first-order valence-electron chi connectivity index (χ1n) is 8.57. The zero-order chi connectivity index (χ0) is 19.0. The molecule has 1 aliphatic heterocycles. The van der Waals surface area contributed by atoms with Crippen LogP contribution < -0.4 is 4.74 Å². The number of nitrogens with zero attached hydrogens (tertiary/aromatic N) is 1. The first-order chi connectivity index (χ1) is 13.0. The Morgan fingerprint density at radius 1 is 1.04 bits per heavy atom. The van der Waals surface area contributed by atoms with Gasteiger partial charge in [0.25, 0.3) is 5.91 Å². The van der Waals surface area contributed by atoms with E-state index in [4.69, 9.17) is 4.74 Å². The van der Waals surface area contributed by atoms with Gasteiger partial charge in [-0.1, -0.05) is 42.5 Å². The summed E-state index contributed by atoms with van der Waals surface area (Å²) in [6, 6.07) is 19.9. The highest BCUT2D eigenvalue weighted by Crippen LogP contribution is 2.43. The molecule has 136 valence electrons. The smallest absolute Gasteiger partial charge is 0.257 e. The molecule has 0 unspecified atom stereocenters. The molecule has 1 aliphatic rings. The van der Waals surface area contributed by atoms with Crippen molar-refractivity contribution < 1.29 is 19.0 Å². The van der Waals surface area contributed by atoms with Crippen molar-refractivity contribution >= 4 is 5.91 Å². The molecule has 0 saturated carbocycles. The van der Waals surface area contributed by atoms with Crippen molar-refractivity contribution in [3.8, 4) is 5.75 Å². The summed E-state index contributed by atoms with van der Waals surface area (Å²) in [7, 11) is 1.57. The summed E-state index contributed by atoms with van der Waals surface area (Å²) in [5.74, 6) is -0.0125. The number of carbonyl (C=O) groups excluding carboxylic acids is 1. The second-order valence-corrected chi connectivity index (χ2v) is 6.47. The molecule has 0 spiro atoms. The molecule has 0 bridgehead atoms. The van der Waals surface area contributed by atoms with Crippen molar-refractivity contribution in [3.63, 3.8) is 0 Å². The molecule has 0 saturated heterocycles. The highest BCUT2D eigenvalue weighted by atomic mass is 19.1. The van der Waals surface area contributed by atoms with E-state index in [0.717, 1.165) is 5.56 Å². The third-order valence-corrected chi connectivity index (χ3v) is 4.89. The SMILES string of the molecule is COc1cccc(CN2C(=O)c3ccccc3[C@@]2(O)c2ccc(F)cc2)c1. The van der Waals surface area contributed by atoms with Crippen molar-refractivity contribution in [2.45, 2.75) is 12.3 Å². The highest BCUT2D eigenvalue weighted by Gasteiger charge is 2.49. The van der Waals surface area contributed by atoms with E-state index >= 15 is 0 Å². The van der Waals surface area contributed by atoms with Crippen LogP contribution in [0.1, 0.15) is 27.0 Å². The lowest BCUT2D eigenvalue weighted by Crippen LogP contribution is -2.44. The Balaban J connectivity index is 1.83. The first kappa shape index (κ1) is 17.2. The zero-order valence-corrected chi connectivity index (χ0v) is 14.7. The Labute approximate surface area is 156 Å². The third kappa shape index (κ3) is 2.76. The molecule has 1 heterocycles. The maximum Gasteiger partial charge on any atom is 0.257 e. The minimum atomic E-state index is -1.68. The maximum absolute atomic E-state index is 13.4. The minimum absolute atomic E-state index is 0.179. The first-order valence-corrected chi connectivity index (χ1v) is 8.57. The van der Waals surface area contributed by atoms with Crippen LogP contribution in [0.2, 0.25) is 0 Å². The summed E-state index contributed by atoms with van der Waals surface area (Å²) in [5.41, 5.74) is 0.502. The standard InChI is InChI=1S/C22H18FNO3/c1-27-18-6-4-5-15(13-18)14-24-21(25)19-7-2-3-8-20(19)22(24,26)16-9-11-17(23)12-10-16/h2-13,26H,14H2,1H3/t22-/m0/s1. The lowest BCUT2D eigenvalue weighted by atomic mass is 9.93. The lowest BCUT2D eigenvalue weighted by Gasteiger charge is -2.35. The highest BCUT2D eigenvalue weighted by molar-refractivity contribution is 6.00. The van der Waals surface area contributed by atoms with Gasteiger partial charge in [-0.3, -0.25) is 9.69 Å². The number of methoxy groups -OCH3 is 1. The summed E-state index contributed by atoms with van der Waals surface area (Å²) in [4.78, 5) is 14.5. The Kier molecular flexibility index (Phi) is 4.16. The van der Waals surface area contributed by atoms with E-state index in [1.165, 1.54) is 29.2 Å². The van der Waals surface area contributed by atoms with Gasteiger partial charge in [-0.25, -0.2) is 4.39 Å². The van der Waals surface area contributed by atoms with E-state index in [9.17, 15) is 14.3 Å². The molecule has 4 rings (SSSR count). The number of ether oxygens (including phenoxy) is 1. The van der Waals surface area contributed by atoms with Crippen molar-refractivity contribution in [2.24, 2.45) is 0 Å². The fraction of sp³-hybridized carbons (Fsp3) is 0.136. The average Bonchev–Trinajstić information content (AvgIpc) is 2.92. The molecule has 1 atom stereocenters. The topological polar surface area (TPSA) is 49.8 Å². The fourth-order valence-corrected chi connectivity index (χ4v) is 3.54. The quantitative estimate of drug-likeness (QED) is 0.769. The van der Waals surface area contributed by atoms with Crippen LogP contribution in [0.25, 0.3) is 0 Å². The largest absolute Gasteiger partial charge is 0.497 e. The Morgan fingerprint density at radius 3 is 2.52 bits per heavy atom. The Bertz CT molecular complexity index is 1000. The Morgan fingerprint density at radius 2 is 1.78 bits per heavy atom. The predicted molar refractivity (Wildman–Crippen MR) is 98.7 cm³/mol. The molecule has 0 aromatic heterocycles. The molecule has 27 heavy (non-hydrogen) atoms. The van der Waals surface area contributed by atoms with Gasteiger partial charge in [-0.2, -0.15) is 0 Å². The molecule has 4 nitrogen and oxygen atoms in total. The molecule has 1 N–H and O–H groups in total. The number of hydrogen-bond acceptors (Lipinski definition) is 3. The van der Waals surface area contributed by atoms with E-state index in [-0.39, 0.29) is 12.5 Å². The number of halogens is 1. The summed E-state index contributed by atoms with van der Waals surface area (Å²) < 4.78 is 18.7. The molecular formula is C22H18FNO3. The number of rotatable bonds is 4. The van der Waals surface area contributed by atoms with Crippen LogP contribution in [0.15, 0.2) is 72.8 Å². The second-order valence-electron chi connectivity index (χ2n) is 6.47. The normalized spacial score (nSPS) is 18.5. The Hall–Kier alpha value is -3.18. The number of benzene rings is 3. The van der Waals surface area contributed by atoms with Crippen molar-refractivity contribution in [1.29, 1.82) is 0 Å². The molecule has 3 aromatic rings. The van der Waals surface area contributed by atoms with Crippen LogP contribution in [0, 0.1) is 5.82 Å². The van der Waals surface area contributed by atoms with E-state index in [0.29, 0.717) is 22.4 Å². The molecule has 0 radical (unpaired) electrons. The number of hydrogen-bond donors (Lipinski definition) is 1. The molecular weight excluding hydrogens is 345 g/mol. The van der Waals surface area contributed by atoms with E-state index < -0.39 is 11.5 Å². The zero-order valence-electron chi connectivity index (χ0n) is 14.7. The summed E-state index contributed by atoms with van der Waals surface area (Å²) in [6.45, 7) is 0.179.